The summed E-state index contributed by atoms with van der Waals surface area (Å²) < 4.78 is 31.1. The van der Waals surface area contributed by atoms with Crippen molar-refractivity contribution >= 4 is 10.0 Å². The van der Waals surface area contributed by atoms with Crippen LogP contribution < -0.4 is 0 Å². The van der Waals surface area contributed by atoms with E-state index in [1.54, 1.807) is 12.1 Å². The van der Waals surface area contributed by atoms with Crippen LogP contribution in [-0.2, 0) is 16.6 Å². The molecule has 0 aromatic carbocycles. The largest absolute Gasteiger partial charge is 0.447 e. The summed E-state index contributed by atoms with van der Waals surface area (Å²) >= 11 is 0. The van der Waals surface area contributed by atoms with Crippen molar-refractivity contribution in [3.8, 4) is 0 Å². The Hall–Kier alpha value is -0.850. The first-order chi connectivity index (χ1) is 10.7. The van der Waals surface area contributed by atoms with Gasteiger partial charge in [0.05, 0.1) is 6.54 Å². The Balaban J connectivity index is 2.15. The summed E-state index contributed by atoms with van der Waals surface area (Å²) in [7, 11) is -0.462. The minimum atomic E-state index is -3.49. The minimum absolute atomic E-state index is 0.0294. The Morgan fingerprint density at radius 1 is 1.26 bits per heavy atom. The number of sulfonamides is 1. The zero-order valence-electron chi connectivity index (χ0n) is 14.9. The van der Waals surface area contributed by atoms with Gasteiger partial charge in [-0.25, -0.2) is 12.7 Å². The molecule has 0 saturated carbocycles. The Kier molecular flexibility index (Phi) is 5.92. The molecule has 2 unspecified atom stereocenters. The molecule has 0 N–H and O–H groups in total. The number of nitrogens with zero attached hydrogens (tertiary/aromatic N) is 2. The van der Waals surface area contributed by atoms with Crippen LogP contribution in [0.4, 0.5) is 0 Å². The second kappa shape index (κ2) is 7.36. The number of furan rings is 1. The molecule has 5 nitrogen and oxygen atoms in total. The van der Waals surface area contributed by atoms with Crippen molar-refractivity contribution in [2.75, 3.05) is 20.6 Å². The lowest BCUT2D eigenvalue weighted by molar-refractivity contribution is 0.136. The van der Waals surface area contributed by atoms with E-state index in [0.29, 0.717) is 18.5 Å². The number of likely N-dealkylation sites (tertiary alicyclic amines) is 1. The molecular weight excluding hydrogens is 312 g/mol. The van der Waals surface area contributed by atoms with Gasteiger partial charge in [0.1, 0.15) is 5.76 Å². The number of hydrogen-bond donors (Lipinski definition) is 0. The molecule has 2 atom stereocenters. The highest BCUT2D eigenvalue weighted by Crippen LogP contribution is 2.28. The number of rotatable bonds is 5. The van der Waals surface area contributed by atoms with E-state index in [4.69, 9.17) is 4.42 Å². The summed E-state index contributed by atoms with van der Waals surface area (Å²) in [5.41, 5.74) is 0. The molecule has 1 aromatic rings. The third kappa shape index (κ3) is 4.37. The molecule has 6 heteroatoms. The third-order valence-electron chi connectivity index (χ3n) is 4.83. The van der Waals surface area contributed by atoms with Gasteiger partial charge in [0.2, 0.25) is 5.09 Å². The van der Waals surface area contributed by atoms with Gasteiger partial charge in [0, 0.05) is 20.1 Å². The molecule has 0 bridgehead atoms. The van der Waals surface area contributed by atoms with E-state index >= 15 is 0 Å². The second-order valence-corrected chi connectivity index (χ2v) is 9.34. The lowest BCUT2D eigenvalue weighted by Gasteiger charge is -2.32. The SMILES string of the molecule is CC1CCC(C(C)C)N(Cc2ccc(S(=O)(=O)N(C)C)o2)CC1. The molecule has 23 heavy (non-hydrogen) atoms. The predicted molar refractivity (Wildman–Crippen MR) is 91.6 cm³/mol. The summed E-state index contributed by atoms with van der Waals surface area (Å²) in [6, 6.07) is 3.89. The van der Waals surface area contributed by atoms with Crippen molar-refractivity contribution in [1.29, 1.82) is 0 Å². The zero-order valence-corrected chi connectivity index (χ0v) is 15.8. The van der Waals surface area contributed by atoms with Crippen molar-refractivity contribution in [2.45, 2.75) is 57.7 Å². The van der Waals surface area contributed by atoms with Crippen molar-refractivity contribution in [1.82, 2.24) is 9.21 Å². The average molecular weight is 343 g/mol. The molecule has 1 aromatic heterocycles. The highest BCUT2D eigenvalue weighted by Gasteiger charge is 2.28. The maximum absolute atomic E-state index is 12.1. The predicted octanol–water partition coefficient (Wildman–Crippen LogP) is 3.18. The Bertz CT molecular complexity index is 607. The van der Waals surface area contributed by atoms with Gasteiger partial charge < -0.3 is 4.42 Å². The molecular formula is C17H30N2O3S. The topological polar surface area (TPSA) is 53.8 Å². The maximum Gasteiger partial charge on any atom is 0.275 e. The van der Waals surface area contributed by atoms with Crippen LogP contribution in [0.1, 0.15) is 45.8 Å². The summed E-state index contributed by atoms with van der Waals surface area (Å²) in [4.78, 5) is 2.46. The Morgan fingerprint density at radius 2 is 1.96 bits per heavy atom. The highest BCUT2D eigenvalue weighted by atomic mass is 32.2. The fourth-order valence-electron chi connectivity index (χ4n) is 3.25. The van der Waals surface area contributed by atoms with E-state index in [1.807, 2.05) is 0 Å². The number of hydrogen-bond acceptors (Lipinski definition) is 4. The van der Waals surface area contributed by atoms with Crippen LogP contribution in [0.15, 0.2) is 21.6 Å². The van der Waals surface area contributed by atoms with Gasteiger partial charge in [0.25, 0.3) is 10.0 Å². The van der Waals surface area contributed by atoms with Crippen LogP contribution in [0.5, 0.6) is 0 Å². The summed E-state index contributed by atoms with van der Waals surface area (Å²) in [6.45, 7) is 8.56. The quantitative estimate of drug-likeness (QED) is 0.825. The Labute approximate surface area is 140 Å². The molecule has 0 radical (unpaired) electrons. The molecule has 132 valence electrons. The summed E-state index contributed by atoms with van der Waals surface area (Å²) in [6.07, 6.45) is 3.65. The van der Waals surface area contributed by atoms with Crippen LogP contribution in [-0.4, -0.2) is 44.3 Å². The van der Waals surface area contributed by atoms with Crippen molar-refractivity contribution in [3.05, 3.63) is 17.9 Å². The monoisotopic (exact) mass is 342 g/mol. The fourth-order valence-corrected chi connectivity index (χ4v) is 4.06. The molecule has 0 spiro atoms. The molecule has 0 amide bonds. The van der Waals surface area contributed by atoms with Crippen molar-refractivity contribution in [3.63, 3.8) is 0 Å². The molecule has 2 heterocycles. The van der Waals surface area contributed by atoms with Gasteiger partial charge in [-0.2, -0.15) is 0 Å². The third-order valence-corrected chi connectivity index (χ3v) is 6.52. The molecule has 1 aliphatic heterocycles. The first-order valence-electron chi connectivity index (χ1n) is 8.47. The van der Waals surface area contributed by atoms with Crippen LogP contribution in [0.25, 0.3) is 0 Å². The van der Waals surface area contributed by atoms with Gasteiger partial charge in [0.15, 0.2) is 0 Å². The standard InChI is InChI=1S/C17H30N2O3S/c1-13(2)16-8-6-14(3)10-11-19(16)12-15-7-9-17(22-15)23(20,21)18(4)5/h7,9,13-14,16H,6,8,10-12H2,1-5H3. The summed E-state index contributed by atoms with van der Waals surface area (Å²) in [5, 5.41) is 0.0294. The summed E-state index contributed by atoms with van der Waals surface area (Å²) in [5.74, 6) is 2.06. The molecule has 0 aliphatic carbocycles. The van der Waals surface area contributed by atoms with E-state index < -0.39 is 10.0 Å². The van der Waals surface area contributed by atoms with E-state index in [9.17, 15) is 8.42 Å². The van der Waals surface area contributed by atoms with Gasteiger partial charge >= 0.3 is 0 Å². The highest BCUT2D eigenvalue weighted by molar-refractivity contribution is 7.88. The van der Waals surface area contributed by atoms with E-state index in [2.05, 4.69) is 25.7 Å². The van der Waals surface area contributed by atoms with Crippen LogP contribution in [0.2, 0.25) is 0 Å². The molecule has 1 fully saturated rings. The lowest BCUT2D eigenvalue weighted by atomic mass is 9.95. The first-order valence-corrected chi connectivity index (χ1v) is 9.91. The Morgan fingerprint density at radius 3 is 2.57 bits per heavy atom. The smallest absolute Gasteiger partial charge is 0.275 e. The minimum Gasteiger partial charge on any atom is -0.447 e. The van der Waals surface area contributed by atoms with Crippen LogP contribution >= 0.6 is 0 Å². The van der Waals surface area contributed by atoms with Crippen molar-refractivity contribution < 1.29 is 12.8 Å². The van der Waals surface area contributed by atoms with Gasteiger partial charge in [-0.1, -0.05) is 20.8 Å². The molecule has 2 rings (SSSR count). The van der Waals surface area contributed by atoms with Crippen LogP contribution in [0, 0.1) is 11.8 Å². The van der Waals surface area contributed by atoms with E-state index in [-0.39, 0.29) is 5.09 Å². The first kappa shape index (κ1) is 18.5. The average Bonchev–Trinajstić information content (AvgIpc) is 2.85. The van der Waals surface area contributed by atoms with E-state index in [1.165, 1.54) is 37.7 Å². The molecule has 1 saturated heterocycles. The van der Waals surface area contributed by atoms with Gasteiger partial charge in [-0.15, -0.1) is 0 Å². The molecule has 1 aliphatic rings. The van der Waals surface area contributed by atoms with Gasteiger partial charge in [-0.3, -0.25) is 4.90 Å². The lowest BCUT2D eigenvalue weighted by Crippen LogP contribution is -2.37. The maximum atomic E-state index is 12.1. The van der Waals surface area contributed by atoms with Crippen molar-refractivity contribution in [2.24, 2.45) is 11.8 Å². The second-order valence-electron chi connectivity index (χ2n) is 7.26. The normalized spacial score (nSPS) is 24.3. The van der Waals surface area contributed by atoms with E-state index in [0.717, 1.165) is 18.2 Å². The fraction of sp³-hybridized carbons (Fsp3) is 0.765. The van der Waals surface area contributed by atoms with Crippen LogP contribution in [0.3, 0.4) is 0 Å². The van der Waals surface area contributed by atoms with Gasteiger partial charge in [-0.05, 0) is 49.8 Å². The zero-order chi connectivity index (χ0) is 17.2.